The Morgan fingerprint density at radius 1 is 1.21 bits per heavy atom. The van der Waals surface area contributed by atoms with Gasteiger partial charge in [0.25, 0.3) is 5.56 Å². The lowest BCUT2D eigenvalue weighted by Gasteiger charge is -2.30. The molecule has 0 saturated carbocycles. The Balaban J connectivity index is 1.39. The number of aromatic nitrogens is 3. The molecule has 1 aliphatic rings. The van der Waals surface area contributed by atoms with Gasteiger partial charge in [0.1, 0.15) is 29.9 Å². The van der Waals surface area contributed by atoms with Crippen molar-refractivity contribution in [3.63, 3.8) is 0 Å². The standard InChI is InChI=1S/C24H23N5O3S/c1-16-8-9-19-18(12-16)29(10-11-32-19)20(30)14-28-15-25-22-21(23(28)31)33-24(26-22)27(2)13-17-6-4-3-5-7-17/h3-9,12,15H,10-11,13-14H2,1-2H3. The second kappa shape index (κ2) is 8.67. The van der Waals surface area contributed by atoms with Crippen molar-refractivity contribution in [3.05, 3.63) is 76.3 Å². The zero-order chi connectivity index (χ0) is 22.9. The third-order valence-electron chi connectivity index (χ3n) is 5.55. The van der Waals surface area contributed by atoms with E-state index in [0.717, 1.165) is 16.8 Å². The molecule has 0 unspecified atom stereocenters. The molecule has 0 spiro atoms. The van der Waals surface area contributed by atoms with E-state index in [1.807, 2.05) is 67.4 Å². The Labute approximate surface area is 194 Å². The van der Waals surface area contributed by atoms with Crippen LogP contribution in [0.3, 0.4) is 0 Å². The maximum atomic E-state index is 13.1. The zero-order valence-corrected chi connectivity index (χ0v) is 19.2. The van der Waals surface area contributed by atoms with Crippen molar-refractivity contribution in [2.24, 2.45) is 0 Å². The lowest BCUT2D eigenvalue weighted by molar-refractivity contribution is -0.119. The molecule has 0 radical (unpaired) electrons. The lowest BCUT2D eigenvalue weighted by atomic mass is 10.1. The largest absolute Gasteiger partial charge is 0.490 e. The van der Waals surface area contributed by atoms with Crippen LogP contribution in [0.4, 0.5) is 10.8 Å². The minimum Gasteiger partial charge on any atom is -0.490 e. The number of anilines is 2. The van der Waals surface area contributed by atoms with Crippen LogP contribution in [0.1, 0.15) is 11.1 Å². The van der Waals surface area contributed by atoms with Gasteiger partial charge in [-0.05, 0) is 30.2 Å². The quantitative estimate of drug-likeness (QED) is 0.454. The van der Waals surface area contributed by atoms with Crippen LogP contribution in [0.15, 0.2) is 59.7 Å². The number of ether oxygens (including phenoxy) is 1. The summed E-state index contributed by atoms with van der Waals surface area (Å²) in [7, 11) is 1.94. The van der Waals surface area contributed by atoms with Crippen molar-refractivity contribution < 1.29 is 9.53 Å². The fourth-order valence-electron chi connectivity index (χ4n) is 3.85. The van der Waals surface area contributed by atoms with Gasteiger partial charge in [-0.2, -0.15) is 4.98 Å². The number of benzene rings is 2. The van der Waals surface area contributed by atoms with Gasteiger partial charge >= 0.3 is 0 Å². The first-order valence-electron chi connectivity index (χ1n) is 10.6. The Hall–Kier alpha value is -3.72. The van der Waals surface area contributed by atoms with Gasteiger partial charge in [-0.25, -0.2) is 4.98 Å². The number of hydrogen-bond donors (Lipinski definition) is 0. The maximum Gasteiger partial charge on any atom is 0.273 e. The first-order chi connectivity index (χ1) is 16.0. The SMILES string of the molecule is Cc1ccc2c(c1)N(C(=O)Cn1cnc3nc(N(C)Cc4ccccc4)sc3c1=O)CCO2. The molecule has 0 saturated heterocycles. The topological polar surface area (TPSA) is 80.6 Å². The van der Waals surface area contributed by atoms with Gasteiger partial charge in [-0.1, -0.05) is 47.7 Å². The predicted octanol–water partition coefficient (Wildman–Crippen LogP) is 3.22. The maximum absolute atomic E-state index is 13.1. The summed E-state index contributed by atoms with van der Waals surface area (Å²) in [6.45, 7) is 3.40. The monoisotopic (exact) mass is 461 g/mol. The van der Waals surface area contributed by atoms with E-state index in [0.29, 0.717) is 40.9 Å². The second-order valence-corrected chi connectivity index (χ2v) is 9.01. The van der Waals surface area contributed by atoms with E-state index in [1.165, 1.54) is 22.2 Å². The minimum atomic E-state index is -0.261. The van der Waals surface area contributed by atoms with E-state index < -0.39 is 0 Å². The fraction of sp³-hybridized carbons (Fsp3) is 0.250. The van der Waals surface area contributed by atoms with Gasteiger partial charge in [0, 0.05) is 13.6 Å². The molecule has 0 fully saturated rings. The van der Waals surface area contributed by atoms with E-state index >= 15 is 0 Å². The molecule has 0 aliphatic carbocycles. The molecular weight excluding hydrogens is 438 g/mol. The molecule has 2 aromatic heterocycles. The highest BCUT2D eigenvalue weighted by Gasteiger charge is 2.25. The summed E-state index contributed by atoms with van der Waals surface area (Å²) in [6.07, 6.45) is 1.40. The summed E-state index contributed by atoms with van der Waals surface area (Å²) in [5.41, 5.74) is 3.06. The predicted molar refractivity (Wildman–Crippen MR) is 129 cm³/mol. The number of carbonyl (C=O) groups excluding carboxylic acids is 1. The second-order valence-electron chi connectivity index (χ2n) is 8.03. The van der Waals surface area contributed by atoms with Gasteiger partial charge in [0.15, 0.2) is 10.8 Å². The van der Waals surface area contributed by atoms with Crippen LogP contribution in [0.25, 0.3) is 10.3 Å². The summed E-state index contributed by atoms with van der Waals surface area (Å²) in [6, 6.07) is 15.8. The Kier molecular flexibility index (Phi) is 5.55. The normalized spacial score (nSPS) is 13.0. The summed E-state index contributed by atoms with van der Waals surface area (Å²) in [4.78, 5) is 38.8. The molecule has 1 amide bonds. The Morgan fingerprint density at radius 2 is 2.03 bits per heavy atom. The molecule has 0 bridgehead atoms. The summed E-state index contributed by atoms with van der Waals surface area (Å²) in [5.74, 6) is 0.494. The molecule has 3 heterocycles. The van der Waals surface area contributed by atoms with Crippen molar-refractivity contribution in [3.8, 4) is 5.75 Å². The zero-order valence-electron chi connectivity index (χ0n) is 18.4. The summed E-state index contributed by atoms with van der Waals surface area (Å²) < 4.78 is 7.47. The van der Waals surface area contributed by atoms with Gasteiger partial charge < -0.3 is 14.5 Å². The fourth-order valence-corrected chi connectivity index (χ4v) is 4.78. The van der Waals surface area contributed by atoms with Crippen LogP contribution in [-0.2, 0) is 17.9 Å². The molecule has 0 atom stereocenters. The van der Waals surface area contributed by atoms with Crippen LogP contribution >= 0.6 is 11.3 Å². The van der Waals surface area contributed by atoms with E-state index in [2.05, 4.69) is 9.97 Å². The number of aryl methyl sites for hydroxylation is 1. The van der Waals surface area contributed by atoms with Crippen LogP contribution in [0.5, 0.6) is 5.75 Å². The molecule has 33 heavy (non-hydrogen) atoms. The molecule has 8 nitrogen and oxygen atoms in total. The molecule has 168 valence electrons. The molecular formula is C24H23N5O3S. The Morgan fingerprint density at radius 3 is 2.85 bits per heavy atom. The number of hydrogen-bond acceptors (Lipinski definition) is 7. The van der Waals surface area contributed by atoms with Crippen molar-refractivity contribution >= 4 is 38.4 Å². The van der Waals surface area contributed by atoms with Crippen molar-refractivity contribution in [1.29, 1.82) is 0 Å². The number of fused-ring (bicyclic) bond motifs is 2. The Bertz CT molecular complexity index is 1380. The van der Waals surface area contributed by atoms with Crippen molar-refractivity contribution in [1.82, 2.24) is 14.5 Å². The number of amides is 1. The number of nitrogens with zero attached hydrogens (tertiary/aromatic N) is 5. The third kappa shape index (κ3) is 4.19. The third-order valence-corrected chi connectivity index (χ3v) is 6.69. The lowest BCUT2D eigenvalue weighted by Crippen LogP contribution is -2.41. The van der Waals surface area contributed by atoms with E-state index in [4.69, 9.17) is 4.74 Å². The summed E-state index contributed by atoms with van der Waals surface area (Å²) >= 11 is 1.29. The molecule has 2 aromatic carbocycles. The van der Waals surface area contributed by atoms with Gasteiger partial charge in [-0.15, -0.1) is 0 Å². The van der Waals surface area contributed by atoms with Crippen LogP contribution in [0, 0.1) is 6.92 Å². The van der Waals surface area contributed by atoms with Crippen LogP contribution in [0.2, 0.25) is 0 Å². The highest BCUT2D eigenvalue weighted by molar-refractivity contribution is 7.22. The number of carbonyl (C=O) groups is 1. The van der Waals surface area contributed by atoms with Crippen LogP contribution in [-0.4, -0.2) is 40.6 Å². The highest BCUT2D eigenvalue weighted by Crippen LogP contribution is 2.32. The summed E-state index contributed by atoms with van der Waals surface area (Å²) in [5, 5.41) is 0.708. The first kappa shape index (κ1) is 21.1. The van der Waals surface area contributed by atoms with Gasteiger partial charge in [0.05, 0.1) is 12.2 Å². The smallest absolute Gasteiger partial charge is 0.273 e. The molecule has 9 heteroatoms. The van der Waals surface area contributed by atoms with Gasteiger partial charge in [-0.3, -0.25) is 14.2 Å². The van der Waals surface area contributed by atoms with E-state index in [-0.39, 0.29) is 18.0 Å². The molecule has 5 rings (SSSR count). The number of rotatable bonds is 5. The minimum absolute atomic E-state index is 0.0950. The molecule has 0 N–H and O–H groups in total. The molecule has 4 aromatic rings. The van der Waals surface area contributed by atoms with E-state index in [1.54, 1.807) is 4.90 Å². The van der Waals surface area contributed by atoms with Crippen molar-refractivity contribution in [2.75, 3.05) is 30.0 Å². The highest BCUT2D eigenvalue weighted by atomic mass is 32.1. The van der Waals surface area contributed by atoms with E-state index in [9.17, 15) is 9.59 Å². The average Bonchev–Trinajstić information content (AvgIpc) is 3.26. The number of thiazole rings is 1. The average molecular weight is 462 g/mol. The first-order valence-corrected chi connectivity index (χ1v) is 11.5. The molecule has 1 aliphatic heterocycles. The van der Waals surface area contributed by atoms with Crippen molar-refractivity contribution in [2.45, 2.75) is 20.0 Å². The van der Waals surface area contributed by atoms with Gasteiger partial charge in [0.2, 0.25) is 5.91 Å². The van der Waals surface area contributed by atoms with Crippen LogP contribution < -0.4 is 20.1 Å².